The van der Waals surface area contributed by atoms with Gasteiger partial charge in [-0.05, 0) is 25.1 Å². The maximum atomic E-state index is 12.0. The molecule has 11 heteroatoms. The van der Waals surface area contributed by atoms with Crippen molar-refractivity contribution in [1.82, 2.24) is 25.0 Å². The van der Waals surface area contributed by atoms with Crippen LogP contribution in [0.1, 0.15) is 5.01 Å². The van der Waals surface area contributed by atoms with Crippen molar-refractivity contribution in [2.45, 2.75) is 12.1 Å². The molecule has 0 saturated carbocycles. The van der Waals surface area contributed by atoms with Gasteiger partial charge in [-0.1, -0.05) is 46.3 Å². The maximum Gasteiger partial charge on any atom is 0.236 e. The van der Waals surface area contributed by atoms with E-state index in [1.165, 1.54) is 23.1 Å². The zero-order valence-corrected chi connectivity index (χ0v) is 16.3. The number of carbonyl (C=O) groups is 1. The van der Waals surface area contributed by atoms with Crippen LogP contribution < -0.4 is 5.32 Å². The number of carbonyl (C=O) groups excluding carboxylic acids is 1. The van der Waals surface area contributed by atoms with E-state index < -0.39 is 0 Å². The fraction of sp³-hybridized carbons (Fsp3) is 0.214. The van der Waals surface area contributed by atoms with Crippen molar-refractivity contribution in [3.8, 4) is 11.4 Å². The molecule has 1 N–H and O–H groups in total. The summed E-state index contributed by atoms with van der Waals surface area (Å²) >= 11 is 14.7. The highest BCUT2D eigenvalue weighted by atomic mass is 35.5. The van der Waals surface area contributed by atoms with Crippen LogP contribution in [-0.2, 0) is 11.8 Å². The molecule has 3 rings (SSSR count). The summed E-state index contributed by atoms with van der Waals surface area (Å²) in [5.74, 6) is 0.596. The number of hydrogen-bond acceptors (Lipinski definition) is 7. The third-order valence-electron chi connectivity index (χ3n) is 3.11. The zero-order valence-electron chi connectivity index (χ0n) is 13.2. The Hall–Kier alpha value is -1.68. The van der Waals surface area contributed by atoms with Gasteiger partial charge in [-0.25, -0.2) is 0 Å². The Balaban J connectivity index is 1.68. The van der Waals surface area contributed by atoms with Crippen LogP contribution in [0, 0.1) is 6.92 Å². The van der Waals surface area contributed by atoms with Gasteiger partial charge in [0.25, 0.3) is 0 Å². The molecule has 25 heavy (non-hydrogen) atoms. The molecule has 1 aromatic carbocycles. The number of aryl methyl sites for hydroxylation is 1. The summed E-state index contributed by atoms with van der Waals surface area (Å²) in [4.78, 5) is 12.0. The molecule has 2 aromatic heterocycles. The lowest BCUT2D eigenvalue weighted by atomic mass is 10.2. The summed E-state index contributed by atoms with van der Waals surface area (Å²) < 4.78 is 1.78. The van der Waals surface area contributed by atoms with Gasteiger partial charge < -0.3 is 4.57 Å². The monoisotopic (exact) mass is 414 g/mol. The lowest BCUT2D eigenvalue weighted by Crippen LogP contribution is -2.14. The summed E-state index contributed by atoms with van der Waals surface area (Å²) in [5, 5.41) is 21.6. The van der Waals surface area contributed by atoms with Crippen molar-refractivity contribution in [3.63, 3.8) is 0 Å². The van der Waals surface area contributed by atoms with Gasteiger partial charge in [-0.2, -0.15) is 0 Å². The van der Waals surface area contributed by atoms with Gasteiger partial charge >= 0.3 is 0 Å². The van der Waals surface area contributed by atoms with Gasteiger partial charge in [0.1, 0.15) is 5.01 Å². The van der Waals surface area contributed by atoms with Crippen LogP contribution in [0.2, 0.25) is 10.0 Å². The average molecular weight is 415 g/mol. The first-order chi connectivity index (χ1) is 11.9. The van der Waals surface area contributed by atoms with Crippen molar-refractivity contribution in [2.24, 2.45) is 7.05 Å². The molecule has 3 aromatic rings. The SMILES string of the molecule is Cc1nnc(NC(=O)CSc2nnc(-c3ccc(Cl)cc3Cl)n2C)s1. The van der Waals surface area contributed by atoms with E-state index in [2.05, 4.69) is 25.7 Å². The minimum absolute atomic E-state index is 0.180. The van der Waals surface area contributed by atoms with Gasteiger partial charge in [-0.15, -0.1) is 20.4 Å². The van der Waals surface area contributed by atoms with E-state index in [4.69, 9.17) is 23.2 Å². The van der Waals surface area contributed by atoms with Crippen molar-refractivity contribution in [1.29, 1.82) is 0 Å². The molecule has 0 saturated heterocycles. The predicted molar refractivity (Wildman–Crippen MR) is 100 cm³/mol. The quantitative estimate of drug-likeness (QED) is 0.640. The van der Waals surface area contributed by atoms with E-state index >= 15 is 0 Å². The molecule has 0 radical (unpaired) electrons. The van der Waals surface area contributed by atoms with E-state index in [1.54, 1.807) is 22.8 Å². The smallest absolute Gasteiger partial charge is 0.236 e. The summed E-state index contributed by atoms with van der Waals surface area (Å²) in [5.41, 5.74) is 0.724. The lowest BCUT2D eigenvalue weighted by Gasteiger charge is -2.06. The molecule has 0 aliphatic rings. The molecule has 0 aliphatic carbocycles. The van der Waals surface area contributed by atoms with Crippen LogP contribution in [0.5, 0.6) is 0 Å². The normalized spacial score (nSPS) is 10.9. The molecule has 0 atom stereocenters. The Morgan fingerprint density at radius 1 is 1.28 bits per heavy atom. The summed E-state index contributed by atoms with van der Waals surface area (Å²) in [7, 11) is 1.81. The second kappa shape index (κ2) is 7.69. The Kier molecular flexibility index (Phi) is 5.57. The van der Waals surface area contributed by atoms with Gasteiger partial charge in [-0.3, -0.25) is 10.1 Å². The Morgan fingerprint density at radius 2 is 2.08 bits per heavy atom. The number of benzene rings is 1. The number of amides is 1. The van der Waals surface area contributed by atoms with Crippen LogP contribution in [-0.4, -0.2) is 36.6 Å². The van der Waals surface area contributed by atoms with Crippen LogP contribution in [0.4, 0.5) is 5.13 Å². The molecule has 0 spiro atoms. The molecule has 0 bridgehead atoms. The number of nitrogens with one attached hydrogen (secondary N) is 1. The van der Waals surface area contributed by atoms with Crippen LogP contribution in [0.25, 0.3) is 11.4 Å². The van der Waals surface area contributed by atoms with E-state index in [0.717, 1.165) is 10.6 Å². The number of thioether (sulfide) groups is 1. The fourth-order valence-electron chi connectivity index (χ4n) is 1.98. The fourth-order valence-corrected chi connectivity index (χ4v) is 3.79. The van der Waals surface area contributed by atoms with Crippen LogP contribution in [0.15, 0.2) is 23.4 Å². The first-order valence-electron chi connectivity index (χ1n) is 7.01. The molecular weight excluding hydrogens is 403 g/mol. The van der Waals surface area contributed by atoms with Crippen LogP contribution >= 0.6 is 46.3 Å². The molecule has 0 unspecified atom stereocenters. The largest absolute Gasteiger partial charge is 0.305 e. The first kappa shape index (κ1) is 18.1. The third kappa shape index (κ3) is 4.30. The van der Waals surface area contributed by atoms with E-state index in [9.17, 15) is 4.79 Å². The summed E-state index contributed by atoms with van der Waals surface area (Å²) in [6.07, 6.45) is 0. The molecule has 130 valence electrons. The zero-order chi connectivity index (χ0) is 18.0. The van der Waals surface area contributed by atoms with Gasteiger partial charge in [0.2, 0.25) is 11.0 Å². The third-order valence-corrected chi connectivity index (χ3v) is 5.43. The maximum absolute atomic E-state index is 12.0. The van der Waals surface area contributed by atoms with Gasteiger partial charge in [0.15, 0.2) is 11.0 Å². The topological polar surface area (TPSA) is 85.6 Å². The summed E-state index contributed by atoms with van der Waals surface area (Å²) in [6, 6.07) is 5.17. The van der Waals surface area contributed by atoms with E-state index in [1.807, 2.05) is 14.0 Å². The van der Waals surface area contributed by atoms with Crippen LogP contribution in [0.3, 0.4) is 0 Å². The van der Waals surface area contributed by atoms with Crippen molar-refractivity contribution in [2.75, 3.05) is 11.1 Å². The lowest BCUT2D eigenvalue weighted by molar-refractivity contribution is -0.113. The van der Waals surface area contributed by atoms with Crippen molar-refractivity contribution >= 4 is 57.3 Å². The minimum atomic E-state index is -0.185. The Bertz CT molecular complexity index is 926. The van der Waals surface area contributed by atoms with Gasteiger partial charge in [0.05, 0.1) is 10.8 Å². The Morgan fingerprint density at radius 3 is 2.76 bits per heavy atom. The number of anilines is 1. The van der Waals surface area contributed by atoms with Crippen molar-refractivity contribution in [3.05, 3.63) is 33.3 Å². The number of hydrogen-bond donors (Lipinski definition) is 1. The molecule has 2 heterocycles. The number of rotatable bonds is 5. The van der Waals surface area contributed by atoms with E-state index in [-0.39, 0.29) is 11.7 Å². The summed E-state index contributed by atoms with van der Waals surface area (Å²) in [6.45, 7) is 1.82. The van der Waals surface area contributed by atoms with Crippen molar-refractivity contribution < 1.29 is 4.79 Å². The highest BCUT2D eigenvalue weighted by molar-refractivity contribution is 7.99. The standard InChI is InChI=1S/C14H12Cl2N6OS2/c1-7-18-20-13(25-7)17-11(23)6-24-14-21-19-12(22(14)2)9-4-3-8(15)5-10(9)16/h3-5H,6H2,1-2H3,(H,17,20,23). The van der Waals surface area contributed by atoms with Gasteiger partial charge in [0, 0.05) is 17.6 Å². The number of aromatic nitrogens is 5. The second-order valence-corrected chi connectivity index (χ2v) is 7.92. The van der Waals surface area contributed by atoms with E-state index in [0.29, 0.717) is 26.2 Å². The first-order valence-corrected chi connectivity index (χ1v) is 9.57. The number of nitrogens with zero attached hydrogens (tertiary/aromatic N) is 5. The molecule has 0 fully saturated rings. The predicted octanol–water partition coefficient (Wildman–Crippen LogP) is 3.68. The molecule has 0 aliphatic heterocycles. The molecule has 7 nitrogen and oxygen atoms in total. The molecular formula is C14H12Cl2N6OS2. The number of halogens is 2. The highest BCUT2D eigenvalue weighted by Gasteiger charge is 2.16. The second-order valence-electron chi connectivity index (χ2n) is 4.95. The average Bonchev–Trinajstić information content (AvgIpc) is 3.12. The highest BCUT2D eigenvalue weighted by Crippen LogP contribution is 2.30. The molecule has 1 amide bonds. The minimum Gasteiger partial charge on any atom is -0.305 e. The Labute approximate surface area is 161 Å².